The van der Waals surface area contributed by atoms with E-state index in [-0.39, 0.29) is 5.69 Å². The topological polar surface area (TPSA) is 83.1 Å². The molecule has 2 rings (SSSR count). The highest BCUT2D eigenvalue weighted by Crippen LogP contribution is 2.32. The van der Waals surface area contributed by atoms with Crippen LogP contribution in [0.15, 0.2) is 18.2 Å². The first-order chi connectivity index (χ1) is 10.1. The molecule has 1 heterocycles. The van der Waals surface area contributed by atoms with E-state index < -0.39 is 4.92 Å². The summed E-state index contributed by atoms with van der Waals surface area (Å²) in [7, 11) is 1.61. The number of rotatable bonds is 6. The lowest BCUT2D eigenvalue weighted by Crippen LogP contribution is -2.10. The standard InChI is InChI=1S/C13H15BrN4O3/c1-9-4-3-5-10(18(19)20)12(9)13-16-15-11(8-14)17(13)6-7-21-2/h3-5H,6-8H2,1-2H3. The molecule has 7 nitrogen and oxygen atoms in total. The van der Waals surface area contributed by atoms with Gasteiger partial charge in [-0.05, 0) is 12.5 Å². The summed E-state index contributed by atoms with van der Waals surface area (Å²) in [5.74, 6) is 1.20. The SMILES string of the molecule is COCCn1c(CBr)nnc1-c1c(C)cccc1[N+](=O)[O-]. The minimum atomic E-state index is -0.397. The van der Waals surface area contributed by atoms with Crippen molar-refractivity contribution in [2.75, 3.05) is 13.7 Å². The van der Waals surface area contributed by atoms with Crippen LogP contribution in [0.4, 0.5) is 5.69 Å². The summed E-state index contributed by atoms with van der Waals surface area (Å²) < 4.78 is 6.93. The van der Waals surface area contributed by atoms with E-state index >= 15 is 0 Å². The van der Waals surface area contributed by atoms with Crippen LogP contribution in [0, 0.1) is 17.0 Å². The van der Waals surface area contributed by atoms with Gasteiger partial charge in [-0.1, -0.05) is 28.1 Å². The van der Waals surface area contributed by atoms with Gasteiger partial charge in [0.2, 0.25) is 0 Å². The number of aromatic nitrogens is 3. The largest absolute Gasteiger partial charge is 0.383 e. The summed E-state index contributed by atoms with van der Waals surface area (Å²) in [6, 6.07) is 4.97. The number of halogens is 1. The Balaban J connectivity index is 2.61. The van der Waals surface area contributed by atoms with Crippen molar-refractivity contribution in [1.82, 2.24) is 14.8 Å². The highest BCUT2D eigenvalue weighted by molar-refractivity contribution is 9.08. The molecule has 0 aliphatic carbocycles. The van der Waals surface area contributed by atoms with Crippen molar-refractivity contribution in [2.24, 2.45) is 0 Å². The van der Waals surface area contributed by atoms with Gasteiger partial charge in [0.1, 0.15) is 5.82 Å². The molecular formula is C13H15BrN4O3. The molecule has 0 saturated carbocycles. The van der Waals surface area contributed by atoms with Crippen LogP contribution in [-0.2, 0) is 16.6 Å². The lowest BCUT2D eigenvalue weighted by Gasteiger charge is -2.10. The summed E-state index contributed by atoms with van der Waals surface area (Å²) in [6.45, 7) is 2.83. The fourth-order valence-electron chi connectivity index (χ4n) is 2.13. The number of nitro groups is 1. The minimum absolute atomic E-state index is 0.0298. The maximum absolute atomic E-state index is 11.3. The second kappa shape index (κ2) is 6.77. The van der Waals surface area contributed by atoms with Crippen molar-refractivity contribution in [3.05, 3.63) is 39.7 Å². The molecule has 0 bridgehead atoms. The zero-order valence-electron chi connectivity index (χ0n) is 11.7. The average molecular weight is 355 g/mol. The van der Waals surface area contributed by atoms with E-state index in [4.69, 9.17) is 4.74 Å². The monoisotopic (exact) mass is 354 g/mol. The number of methoxy groups -OCH3 is 1. The molecule has 21 heavy (non-hydrogen) atoms. The maximum Gasteiger partial charge on any atom is 0.280 e. The Morgan fingerprint density at radius 2 is 2.19 bits per heavy atom. The van der Waals surface area contributed by atoms with Crippen LogP contribution in [0.5, 0.6) is 0 Å². The quantitative estimate of drug-likeness (QED) is 0.452. The summed E-state index contributed by atoms with van der Waals surface area (Å²) in [6.07, 6.45) is 0. The number of benzene rings is 1. The number of alkyl halides is 1. The molecule has 0 N–H and O–H groups in total. The second-order valence-electron chi connectivity index (χ2n) is 4.44. The molecule has 1 aromatic carbocycles. The van der Waals surface area contributed by atoms with Crippen LogP contribution in [0.1, 0.15) is 11.4 Å². The third kappa shape index (κ3) is 3.11. The number of aryl methyl sites for hydroxylation is 1. The minimum Gasteiger partial charge on any atom is -0.383 e. The van der Waals surface area contributed by atoms with E-state index in [2.05, 4.69) is 26.1 Å². The van der Waals surface area contributed by atoms with Crippen molar-refractivity contribution < 1.29 is 9.66 Å². The molecule has 2 aromatic rings. The molecule has 0 spiro atoms. The van der Waals surface area contributed by atoms with Gasteiger partial charge < -0.3 is 9.30 Å². The van der Waals surface area contributed by atoms with Crippen LogP contribution in [0.3, 0.4) is 0 Å². The van der Waals surface area contributed by atoms with Crippen molar-refractivity contribution in [1.29, 1.82) is 0 Å². The molecule has 0 aliphatic rings. The van der Waals surface area contributed by atoms with Gasteiger partial charge in [-0.2, -0.15) is 0 Å². The molecule has 0 unspecified atom stereocenters. The Hall–Kier alpha value is -1.80. The number of nitro benzene ring substituents is 1. The summed E-state index contributed by atoms with van der Waals surface area (Å²) in [5, 5.41) is 20.0. The predicted molar refractivity (Wildman–Crippen MR) is 81.4 cm³/mol. The molecule has 0 radical (unpaired) electrons. The third-order valence-corrected chi connectivity index (χ3v) is 3.64. The van der Waals surface area contributed by atoms with Gasteiger partial charge in [-0.25, -0.2) is 0 Å². The molecule has 1 aromatic heterocycles. The van der Waals surface area contributed by atoms with Gasteiger partial charge in [0, 0.05) is 19.7 Å². The van der Waals surface area contributed by atoms with Gasteiger partial charge in [-0.3, -0.25) is 10.1 Å². The van der Waals surface area contributed by atoms with E-state index in [1.807, 2.05) is 17.6 Å². The van der Waals surface area contributed by atoms with Gasteiger partial charge in [0.15, 0.2) is 5.82 Å². The van der Waals surface area contributed by atoms with Crippen LogP contribution in [-0.4, -0.2) is 33.4 Å². The first-order valence-corrected chi connectivity index (χ1v) is 7.43. The molecule has 0 amide bonds. The lowest BCUT2D eigenvalue weighted by atomic mass is 10.1. The second-order valence-corrected chi connectivity index (χ2v) is 5.00. The smallest absolute Gasteiger partial charge is 0.280 e. The molecule has 0 saturated heterocycles. The number of nitrogens with zero attached hydrogens (tertiary/aromatic N) is 4. The Morgan fingerprint density at radius 3 is 2.81 bits per heavy atom. The summed E-state index contributed by atoms with van der Waals surface area (Å²) in [4.78, 5) is 10.9. The van der Waals surface area contributed by atoms with E-state index in [9.17, 15) is 10.1 Å². The number of ether oxygens (including phenoxy) is 1. The van der Waals surface area contributed by atoms with E-state index in [1.165, 1.54) is 6.07 Å². The molecular weight excluding hydrogens is 340 g/mol. The summed E-state index contributed by atoms with van der Waals surface area (Å²) >= 11 is 3.35. The number of hydrogen-bond acceptors (Lipinski definition) is 5. The molecule has 0 atom stereocenters. The fraction of sp³-hybridized carbons (Fsp3) is 0.385. The zero-order valence-corrected chi connectivity index (χ0v) is 13.3. The molecule has 8 heteroatoms. The molecule has 0 fully saturated rings. The molecule has 0 aliphatic heterocycles. The van der Waals surface area contributed by atoms with Gasteiger partial charge in [0.05, 0.1) is 22.4 Å². The van der Waals surface area contributed by atoms with Gasteiger partial charge in [0.25, 0.3) is 5.69 Å². The normalized spacial score (nSPS) is 10.8. The summed E-state index contributed by atoms with van der Waals surface area (Å²) in [5.41, 5.74) is 1.32. The first-order valence-electron chi connectivity index (χ1n) is 6.31. The van der Waals surface area contributed by atoms with E-state index in [1.54, 1.807) is 13.2 Å². The Morgan fingerprint density at radius 1 is 1.43 bits per heavy atom. The zero-order chi connectivity index (χ0) is 15.4. The van der Waals surface area contributed by atoms with E-state index in [0.29, 0.717) is 35.7 Å². The van der Waals surface area contributed by atoms with Gasteiger partial charge >= 0.3 is 0 Å². The lowest BCUT2D eigenvalue weighted by molar-refractivity contribution is -0.384. The highest BCUT2D eigenvalue weighted by atomic mass is 79.9. The van der Waals surface area contributed by atoms with Crippen molar-refractivity contribution in [3.8, 4) is 11.4 Å². The van der Waals surface area contributed by atoms with Gasteiger partial charge in [-0.15, -0.1) is 10.2 Å². The van der Waals surface area contributed by atoms with Crippen molar-refractivity contribution in [2.45, 2.75) is 18.8 Å². The van der Waals surface area contributed by atoms with Crippen LogP contribution in [0.2, 0.25) is 0 Å². The third-order valence-electron chi connectivity index (χ3n) is 3.14. The Kier molecular flexibility index (Phi) is 5.03. The predicted octanol–water partition coefficient (Wildman–Crippen LogP) is 2.70. The molecule has 112 valence electrons. The first kappa shape index (κ1) is 15.6. The average Bonchev–Trinajstić information content (AvgIpc) is 2.87. The fourth-order valence-corrected chi connectivity index (χ4v) is 2.55. The van der Waals surface area contributed by atoms with Crippen molar-refractivity contribution >= 4 is 21.6 Å². The van der Waals surface area contributed by atoms with Crippen LogP contribution < -0.4 is 0 Å². The van der Waals surface area contributed by atoms with Crippen LogP contribution in [0.25, 0.3) is 11.4 Å². The Bertz CT molecular complexity index is 657. The Labute approximate surface area is 130 Å². The maximum atomic E-state index is 11.3. The van der Waals surface area contributed by atoms with E-state index in [0.717, 1.165) is 5.56 Å². The number of hydrogen-bond donors (Lipinski definition) is 0. The van der Waals surface area contributed by atoms with Crippen molar-refractivity contribution in [3.63, 3.8) is 0 Å². The highest BCUT2D eigenvalue weighted by Gasteiger charge is 2.23. The van der Waals surface area contributed by atoms with Crippen LogP contribution >= 0.6 is 15.9 Å².